The van der Waals surface area contributed by atoms with Crippen LogP contribution in [0.3, 0.4) is 0 Å². The molecule has 0 bridgehead atoms. The van der Waals surface area contributed by atoms with Crippen molar-refractivity contribution in [3.05, 3.63) is 48.1 Å². The van der Waals surface area contributed by atoms with E-state index in [1.807, 2.05) is 0 Å². The molecule has 1 aliphatic carbocycles. The van der Waals surface area contributed by atoms with Crippen molar-refractivity contribution in [2.45, 2.75) is 38.1 Å². The maximum Gasteiger partial charge on any atom is 4.00 e. The minimum absolute atomic E-state index is 0. The molecule has 0 amide bonds. The van der Waals surface area contributed by atoms with E-state index < -0.39 is 0 Å². The largest absolute Gasteiger partial charge is 4.00 e. The van der Waals surface area contributed by atoms with Gasteiger partial charge in [0, 0.05) is 9.52 Å². The second-order valence-corrected chi connectivity index (χ2v) is 7.54. The molecule has 1 aromatic rings. The Morgan fingerprint density at radius 3 is 2.40 bits per heavy atom. The first-order valence-corrected chi connectivity index (χ1v) is 7.73. The van der Waals surface area contributed by atoms with Crippen LogP contribution in [0, 0.1) is 6.92 Å². The third-order valence-electron chi connectivity index (χ3n) is 3.66. The van der Waals surface area contributed by atoms with E-state index in [1.54, 1.807) is 5.19 Å². The van der Waals surface area contributed by atoms with E-state index in [0.717, 1.165) is 0 Å². The van der Waals surface area contributed by atoms with Crippen LogP contribution in [0.25, 0.3) is 0 Å². The molecule has 0 aromatic heterocycles. The first-order chi connectivity index (χ1) is 7.76. The maximum atomic E-state index is 2.48. The minimum atomic E-state index is -0.200. The normalized spacial score (nSPS) is 19.7. The summed E-state index contributed by atoms with van der Waals surface area (Å²) in [6.45, 7) is 4.56. The van der Waals surface area contributed by atoms with Gasteiger partial charge in [-0.2, -0.15) is 16.8 Å². The Morgan fingerprint density at radius 2 is 1.95 bits per heavy atom. The predicted molar refractivity (Wildman–Crippen MR) is 75.4 cm³/mol. The van der Waals surface area contributed by atoms with Gasteiger partial charge in [0.05, 0.1) is 0 Å². The van der Waals surface area contributed by atoms with E-state index in [-0.39, 0.29) is 68.5 Å². The number of halogens is 3. The molecule has 110 valence electrons. The topological polar surface area (TPSA) is 0 Å². The second-order valence-electron chi connectivity index (χ2n) is 5.01. The molecule has 0 N–H and O–H groups in total. The fourth-order valence-corrected chi connectivity index (χ4v) is 5.24. The molecule has 0 saturated carbocycles. The summed E-state index contributed by atoms with van der Waals surface area (Å²) >= 11 is 0. The first-order valence-electron chi connectivity index (χ1n) is 6.31. The van der Waals surface area contributed by atoms with Crippen LogP contribution in [0.1, 0.15) is 31.7 Å². The van der Waals surface area contributed by atoms with Gasteiger partial charge in [-0.15, -0.1) is 0 Å². The Morgan fingerprint density at radius 1 is 1.25 bits per heavy atom. The summed E-state index contributed by atoms with van der Waals surface area (Å²) in [5.74, 6) is 0. The number of allylic oxidation sites excluding steroid dienone is 4. The SMILES string of the molecule is CCCC1([SiH2][c-]2cccc2C)C=CC=CC1.[Cl-].[Cl-].[Cl-].[Ti+4]. The van der Waals surface area contributed by atoms with E-state index in [9.17, 15) is 0 Å². The smallest absolute Gasteiger partial charge is 1.00 e. The van der Waals surface area contributed by atoms with Crippen molar-refractivity contribution in [2.24, 2.45) is 0 Å². The molecular formula is C15H21Cl3SiTi. The summed E-state index contributed by atoms with van der Waals surface area (Å²) in [7, 11) is -0.200. The standard InChI is InChI=1S/C15H21Si.3ClH.Ti/c1-3-10-15(11-5-4-6-12-15)16-14-9-7-8-13(14)2;;;;/h4-9,11H,3,10,12,16H2,1-2H3;3*1H;/q-1;;;;+4/p-3. The molecule has 0 saturated heterocycles. The van der Waals surface area contributed by atoms with Gasteiger partial charge < -0.3 is 37.2 Å². The molecule has 0 spiro atoms. The van der Waals surface area contributed by atoms with Crippen molar-refractivity contribution >= 4 is 14.7 Å². The average molecular weight is 384 g/mol. The van der Waals surface area contributed by atoms with Crippen LogP contribution in [0.15, 0.2) is 42.5 Å². The Labute approximate surface area is 159 Å². The van der Waals surface area contributed by atoms with Crippen LogP contribution in [-0.2, 0) is 21.7 Å². The summed E-state index contributed by atoms with van der Waals surface area (Å²) in [6.07, 6.45) is 13.2. The molecule has 2 rings (SSSR count). The van der Waals surface area contributed by atoms with Gasteiger partial charge in [-0.1, -0.05) is 44.6 Å². The first kappa shape index (κ1) is 25.6. The summed E-state index contributed by atoms with van der Waals surface area (Å²) in [6, 6.07) is 6.80. The zero-order valence-corrected chi connectivity index (χ0v) is 17.2. The van der Waals surface area contributed by atoms with Crippen molar-refractivity contribution in [1.29, 1.82) is 0 Å². The molecule has 0 nitrogen and oxygen atoms in total. The van der Waals surface area contributed by atoms with Gasteiger partial charge in [0.2, 0.25) is 0 Å². The van der Waals surface area contributed by atoms with Gasteiger partial charge in [0.1, 0.15) is 0 Å². The van der Waals surface area contributed by atoms with Crippen LogP contribution in [0.4, 0.5) is 0 Å². The molecule has 20 heavy (non-hydrogen) atoms. The van der Waals surface area contributed by atoms with Crippen LogP contribution >= 0.6 is 0 Å². The Balaban J connectivity index is -0.000000722. The number of aryl methyl sites for hydroxylation is 1. The summed E-state index contributed by atoms with van der Waals surface area (Å²) in [5.41, 5.74) is 1.50. The molecule has 0 aliphatic heterocycles. The van der Waals surface area contributed by atoms with Gasteiger partial charge in [0.25, 0.3) is 0 Å². The van der Waals surface area contributed by atoms with Crippen molar-refractivity contribution in [2.75, 3.05) is 0 Å². The average Bonchev–Trinajstić information content (AvgIpc) is 2.66. The van der Waals surface area contributed by atoms with Gasteiger partial charge in [-0.05, 0) is 17.9 Å². The summed E-state index contributed by atoms with van der Waals surface area (Å²) in [4.78, 5) is 0. The van der Waals surface area contributed by atoms with Crippen molar-refractivity contribution in [3.63, 3.8) is 0 Å². The fraction of sp³-hybridized carbons (Fsp3) is 0.400. The fourth-order valence-electron chi connectivity index (χ4n) is 2.74. The van der Waals surface area contributed by atoms with Crippen LogP contribution in [0.5, 0.6) is 0 Å². The zero-order chi connectivity index (χ0) is 11.4. The van der Waals surface area contributed by atoms with E-state index in [2.05, 4.69) is 56.4 Å². The number of hydrogen-bond donors (Lipinski definition) is 0. The van der Waals surface area contributed by atoms with E-state index >= 15 is 0 Å². The van der Waals surface area contributed by atoms with Crippen LogP contribution in [-0.4, -0.2) is 9.52 Å². The van der Waals surface area contributed by atoms with Gasteiger partial charge in [-0.25, -0.2) is 12.1 Å². The second kappa shape index (κ2) is 12.2. The van der Waals surface area contributed by atoms with E-state index in [4.69, 9.17) is 0 Å². The Kier molecular flexibility index (Phi) is 15.6. The molecule has 1 aliphatic rings. The molecule has 0 radical (unpaired) electrons. The molecule has 1 atom stereocenters. The molecule has 0 heterocycles. The molecule has 5 heteroatoms. The van der Waals surface area contributed by atoms with Crippen LogP contribution in [0.2, 0.25) is 5.04 Å². The molecule has 1 aromatic carbocycles. The Hall–Kier alpha value is 0.631. The minimum Gasteiger partial charge on any atom is -1.00 e. The zero-order valence-electron chi connectivity index (χ0n) is 12.0. The molecule has 0 fully saturated rings. The summed E-state index contributed by atoms with van der Waals surface area (Å²) < 4.78 is 0. The number of hydrogen-bond acceptors (Lipinski definition) is 0. The number of rotatable bonds is 4. The molecular weight excluding hydrogens is 362 g/mol. The van der Waals surface area contributed by atoms with Crippen molar-refractivity contribution in [1.82, 2.24) is 0 Å². The summed E-state index contributed by atoms with van der Waals surface area (Å²) in [5, 5.41) is 2.18. The van der Waals surface area contributed by atoms with Gasteiger partial charge in [-0.3, -0.25) is 0 Å². The third kappa shape index (κ3) is 6.60. The van der Waals surface area contributed by atoms with Gasteiger partial charge >= 0.3 is 21.7 Å². The van der Waals surface area contributed by atoms with Gasteiger partial charge in [0.15, 0.2) is 0 Å². The van der Waals surface area contributed by atoms with Crippen molar-refractivity contribution < 1.29 is 58.9 Å². The maximum absolute atomic E-state index is 2.48. The predicted octanol–water partition coefficient (Wildman–Crippen LogP) is -6.01. The van der Waals surface area contributed by atoms with Crippen molar-refractivity contribution in [3.8, 4) is 0 Å². The molecule has 1 unspecified atom stereocenters. The van der Waals surface area contributed by atoms with E-state index in [1.165, 1.54) is 24.8 Å². The third-order valence-corrected chi connectivity index (χ3v) is 6.42. The quantitative estimate of drug-likeness (QED) is 0.359. The monoisotopic (exact) mass is 382 g/mol. The van der Waals surface area contributed by atoms with E-state index in [0.29, 0.717) is 5.04 Å². The Bertz CT molecular complexity index is 415. The van der Waals surface area contributed by atoms with Crippen LogP contribution < -0.4 is 42.4 Å².